The quantitative estimate of drug-likeness (QED) is 0.892. The Morgan fingerprint density at radius 2 is 2.05 bits per heavy atom. The molecule has 2 fully saturated rings. The number of benzene rings is 1. The highest BCUT2D eigenvalue weighted by molar-refractivity contribution is 5.46. The van der Waals surface area contributed by atoms with Crippen molar-refractivity contribution in [3.05, 3.63) is 23.8 Å². The third-order valence-corrected chi connectivity index (χ3v) is 4.22. The van der Waals surface area contributed by atoms with Crippen LogP contribution in [-0.2, 0) is 6.54 Å². The van der Waals surface area contributed by atoms with Gasteiger partial charge < -0.3 is 14.8 Å². The molecule has 1 aliphatic heterocycles. The van der Waals surface area contributed by atoms with Gasteiger partial charge in [0.1, 0.15) is 0 Å². The van der Waals surface area contributed by atoms with Crippen LogP contribution in [0.1, 0.15) is 24.8 Å². The Bertz CT molecular complexity index is 440. The third kappa shape index (κ3) is 3.07. The predicted molar refractivity (Wildman–Crippen MR) is 79.4 cm³/mol. The van der Waals surface area contributed by atoms with Gasteiger partial charge in [0.05, 0.1) is 13.2 Å². The van der Waals surface area contributed by atoms with Crippen LogP contribution in [0.25, 0.3) is 0 Å². The van der Waals surface area contributed by atoms with Gasteiger partial charge in [-0.05, 0) is 25.3 Å². The van der Waals surface area contributed by atoms with E-state index >= 15 is 0 Å². The zero-order valence-electron chi connectivity index (χ0n) is 12.2. The highest BCUT2D eigenvalue weighted by Crippen LogP contribution is 2.36. The minimum atomic E-state index is 0.382. The molecule has 110 valence electrons. The zero-order valence-corrected chi connectivity index (χ0v) is 12.2. The number of piperazine rings is 1. The summed E-state index contributed by atoms with van der Waals surface area (Å²) in [7, 11) is 1.72. The van der Waals surface area contributed by atoms with Crippen LogP contribution in [0.15, 0.2) is 18.2 Å². The van der Waals surface area contributed by atoms with Crippen molar-refractivity contribution in [1.29, 1.82) is 0 Å². The van der Waals surface area contributed by atoms with Gasteiger partial charge >= 0.3 is 0 Å². The molecule has 1 aromatic rings. The predicted octanol–water partition coefficient (Wildman–Crippen LogP) is 2.03. The lowest BCUT2D eigenvalue weighted by molar-refractivity contribution is 0.112. The van der Waals surface area contributed by atoms with Crippen molar-refractivity contribution in [2.45, 2.75) is 31.9 Å². The first-order valence-corrected chi connectivity index (χ1v) is 7.62. The molecule has 0 radical (unpaired) electrons. The fourth-order valence-corrected chi connectivity index (χ4v) is 2.75. The summed E-state index contributed by atoms with van der Waals surface area (Å²) in [4.78, 5) is 2.47. The number of hydrogen-bond donors (Lipinski definition) is 1. The van der Waals surface area contributed by atoms with Crippen molar-refractivity contribution in [3.63, 3.8) is 0 Å². The molecule has 0 spiro atoms. The van der Waals surface area contributed by atoms with Crippen molar-refractivity contribution >= 4 is 0 Å². The fraction of sp³-hybridized carbons (Fsp3) is 0.625. The van der Waals surface area contributed by atoms with Gasteiger partial charge in [0.2, 0.25) is 0 Å². The van der Waals surface area contributed by atoms with E-state index < -0.39 is 0 Å². The summed E-state index contributed by atoms with van der Waals surface area (Å²) < 4.78 is 11.7. The lowest BCUT2D eigenvalue weighted by Gasteiger charge is -2.31. The topological polar surface area (TPSA) is 33.7 Å². The first-order valence-electron chi connectivity index (χ1n) is 7.62. The van der Waals surface area contributed by atoms with Crippen LogP contribution in [-0.4, -0.2) is 44.3 Å². The lowest BCUT2D eigenvalue weighted by atomic mass is 9.96. The second-order valence-corrected chi connectivity index (χ2v) is 5.65. The Labute approximate surface area is 121 Å². The highest BCUT2D eigenvalue weighted by Gasteiger charge is 2.23. The maximum atomic E-state index is 6.18. The van der Waals surface area contributed by atoms with Crippen LogP contribution in [0, 0.1) is 0 Å². The summed E-state index contributed by atoms with van der Waals surface area (Å²) in [5.74, 6) is 1.82. The molecule has 0 bridgehead atoms. The first kappa shape index (κ1) is 13.7. The summed E-state index contributed by atoms with van der Waals surface area (Å²) in [6.45, 7) is 5.28. The Morgan fingerprint density at radius 1 is 1.25 bits per heavy atom. The molecule has 20 heavy (non-hydrogen) atoms. The van der Waals surface area contributed by atoms with Gasteiger partial charge in [-0.3, -0.25) is 4.90 Å². The van der Waals surface area contributed by atoms with Crippen molar-refractivity contribution in [3.8, 4) is 11.5 Å². The van der Waals surface area contributed by atoms with Crippen molar-refractivity contribution in [1.82, 2.24) is 10.2 Å². The Balaban J connectivity index is 1.76. The minimum absolute atomic E-state index is 0.382. The van der Waals surface area contributed by atoms with E-state index in [-0.39, 0.29) is 0 Å². The Morgan fingerprint density at radius 3 is 2.70 bits per heavy atom. The second-order valence-electron chi connectivity index (χ2n) is 5.65. The molecule has 4 heteroatoms. The monoisotopic (exact) mass is 276 g/mol. The van der Waals surface area contributed by atoms with Gasteiger partial charge in [0.25, 0.3) is 0 Å². The second kappa shape index (κ2) is 6.46. The Kier molecular flexibility index (Phi) is 4.43. The van der Waals surface area contributed by atoms with Crippen LogP contribution in [0.3, 0.4) is 0 Å². The average molecular weight is 276 g/mol. The van der Waals surface area contributed by atoms with E-state index in [0.717, 1.165) is 44.2 Å². The molecule has 1 aliphatic carbocycles. The zero-order chi connectivity index (χ0) is 13.8. The number of methoxy groups -OCH3 is 1. The molecular weight excluding hydrogens is 252 g/mol. The van der Waals surface area contributed by atoms with Gasteiger partial charge in [-0.1, -0.05) is 12.1 Å². The number of para-hydroxylation sites is 1. The molecule has 4 nitrogen and oxygen atoms in total. The number of nitrogens with zero attached hydrogens (tertiary/aromatic N) is 1. The molecule has 1 saturated carbocycles. The summed E-state index contributed by atoms with van der Waals surface area (Å²) in [6.07, 6.45) is 4.01. The standard InChI is InChI=1S/C16H24N2O2/c1-19-15-7-2-4-13(12-18-10-8-17-9-11-18)16(15)20-14-5-3-6-14/h2,4,7,14,17H,3,5-6,8-12H2,1H3. The van der Waals surface area contributed by atoms with E-state index in [1.807, 2.05) is 6.07 Å². The fourth-order valence-electron chi connectivity index (χ4n) is 2.75. The third-order valence-electron chi connectivity index (χ3n) is 4.22. The number of hydrogen-bond acceptors (Lipinski definition) is 4. The molecule has 3 rings (SSSR count). The molecule has 1 saturated heterocycles. The highest BCUT2D eigenvalue weighted by atomic mass is 16.5. The van der Waals surface area contributed by atoms with E-state index in [2.05, 4.69) is 22.3 Å². The van der Waals surface area contributed by atoms with Gasteiger partial charge in [-0.2, -0.15) is 0 Å². The van der Waals surface area contributed by atoms with E-state index in [4.69, 9.17) is 9.47 Å². The summed E-state index contributed by atoms with van der Waals surface area (Å²) >= 11 is 0. The normalized spacial score (nSPS) is 20.4. The molecular formula is C16H24N2O2. The van der Waals surface area contributed by atoms with E-state index in [1.54, 1.807) is 7.11 Å². The van der Waals surface area contributed by atoms with Crippen LogP contribution >= 0.6 is 0 Å². The number of rotatable bonds is 5. The van der Waals surface area contributed by atoms with Crippen LogP contribution in [0.5, 0.6) is 11.5 Å². The molecule has 0 atom stereocenters. The molecule has 1 N–H and O–H groups in total. The smallest absolute Gasteiger partial charge is 0.166 e. The van der Waals surface area contributed by atoms with Crippen LogP contribution < -0.4 is 14.8 Å². The SMILES string of the molecule is COc1cccc(CN2CCNCC2)c1OC1CCC1. The average Bonchev–Trinajstić information content (AvgIpc) is 2.45. The maximum absolute atomic E-state index is 6.18. The van der Waals surface area contributed by atoms with E-state index in [0.29, 0.717) is 6.10 Å². The lowest BCUT2D eigenvalue weighted by Crippen LogP contribution is -2.43. The first-order chi connectivity index (χ1) is 9.86. The van der Waals surface area contributed by atoms with E-state index in [9.17, 15) is 0 Å². The molecule has 0 unspecified atom stereocenters. The van der Waals surface area contributed by atoms with E-state index in [1.165, 1.54) is 24.8 Å². The van der Waals surface area contributed by atoms with Gasteiger partial charge in [0, 0.05) is 38.3 Å². The van der Waals surface area contributed by atoms with Gasteiger partial charge in [-0.25, -0.2) is 0 Å². The summed E-state index contributed by atoms with van der Waals surface area (Å²) in [6, 6.07) is 6.22. The number of nitrogens with one attached hydrogen (secondary N) is 1. The van der Waals surface area contributed by atoms with Gasteiger partial charge in [0.15, 0.2) is 11.5 Å². The largest absolute Gasteiger partial charge is 0.493 e. The summed E-state index contributed by atoms with van der Waals surface area (Å²) in [5, 5.41) is 3.39. The molecule has 2 aliphatic rings. The Hall–Kier alpha value is -1.26. The minimum Gasteiger partial charge on any atom is -0.493 e. The summed E-state index contributed by atoms with van der Waals surface area (Å²) in [5.41, 5.74) is 1.25. The molecule has 1 heterocycles. The van der Waals surface area contributed by atoms with Crippen LogP contribution in [0.2, 0.25) is 0 Å². The molecule has 0 amide bonds. The van der Waals surface area contributed by atoms with Crippen LogP contribution in [0.4, 0.5) is 0 Å². The maximum Gasteiger partial charge on any atom is 0.166 e. The molecule has 0 aromatic heterocycles. The van der Waals surface area contributed by atoms with Crippen molar-refractivity contribution in [2.24, 2.45) is 0 Å². The van der Waals surface area contributed by atoms with Crippen molar-refractivity contribution in [2.75, 3.05) is 33.3 Å². The molecule has 1 aromatic carbocycles. The van der Waals surface area contributed by atoms with Gasteiger partial charge in [-0.15, -0.1) is 0 Å². The number of ether oxygens (including phenoxy) is 2. The van der Waals surface area contributed by atoms with Crippen molar-refractivity contribution < 1.29 is 9.47 Å².